The Morgan fingerprint density at radius 2 is 2.00 bits per heavy atom. The van der Waals surface area contributed by atoms with Crippen molar-refractivity contribution in [2.24, 2.45) is 0 Å². The molecule has 0 aromatic carbocycles. The average Bonchev–Trinajstić information content (AvgIpc) is 1.86. The third kappa shape index (κ3) is 1.12. The number of nitrogens with zero attached hydrogens (tertiary/aromatic N) is 1. The van der Waals surface area contributed by atoms with Crippen molar-refractivity contribution in [3.8, 4) is 0 Å². The molecular formula is C4H15NSi3. The summed E-state index contributed by atoms with van der Waals surface area (Å²) in [6, 6.07) is 0. The van der Waals surface area contributed by atoms with Gasteiger partial charge in [0.05, 0.1) is 10.4 Å². The molecular weight excluding hydrogens is 146 g/mol. The van der Waals surface area contributed by atoms with Crippen LogP contribution in [0.2, 0.25) is 0 Å². The first-order chi connectivity index (χ1) is 3.63. The molecule has 8 heavy (non-hydrogen) atoms. The predicted molar refractivity (Wildman–Crippen MR) is 48.5 cm³/mol. The van der Waals surface area contributed by atoms with Gasteiger partial charge in [0.15, 0.2) is 0 Å². The molecule has 0 atom stereocenters. The second kappa shape index (κ2) is 2.09. The molecule has 0 aliphatic carbocycles. The molecule has 4 heteroatoms. The molecule has 1 heterocycles. The molecule has 1 aliphatic heterocycles. The van der Waals surface area contributed by atoms with Crippen molar-refractivity contribution >= 4 is 30.9 Å². The topological polar surface area (TPSA) is 3.24 Å². The van der Waals surface area contributed by atoms with E-state index in [2.05, 4.69) is 4.57 Å². The van der Waals surface area contributed by atoms with E-state index in [1.807, 2.05) is 0 Å². The van der Waals surface area contributed by atoms with Crippen LogP contribution in [-0.4, -0.2) is 46.8 Å². The van der Waals surface area contributed by atoms with Crippen LogP contribution in [0.5, 0.6) is 0 Å². The van der Waals surface area contributed by atoms with Gasteiger partial charge in [-0.2, -0.15) is 0 Å². The first-order valence-electron chi connectivity index (χ1n) is 3.34. The summed E-state index contributed by atoms with van der Waals surface area (Å²) in [6.45, 7) is 1.42. The molecule has 48 valence electrons. The van der Waals surface area contributed by atoms with E-state index in [1.54, 1.807) is 0 Å². The molecule has 0 amide bonds. The minimum absolute atomic E-state index is 0.826. The van der Waals surface area contributed by atoms with E-state index in [4.69, 9.17) is 0 Å². The van der Waals surface area contributed by atoms with Crippen molar-refractivity contribution in [3.63, 3.8) is 0 Å². The van der Waals surface area contributed by atoms with Crippen molar-refractivity contribution in [2.45, 2.75) is 17.6 Å². The fraction of sp³-hybridized carbons (Fsp3) is 1.00. The maximum atomic E-state index is 2.69. The summed E-state index contributed by atoms with van der Waals surface area (Å²) in [7, 11) is 4.15. The second-order valence-corrected chi connectivity index (χ2v) is 10.7. The Morgan fingerprint density at radius 1 is 1.38 bits per heavy atom. The highest BCUT2D eigenvalue weighted by Crippen LogP contribution is 2.19. The van der Waals surface area contributed by atoms with Crippen LogP contribution in [0.3, 0.4) is 0 Å². The molecule has 1 fully saturated rings. The molecule has 1 nitrogen and oxygen atoms in total. The Hall–Kier alpha value is 0.611. The summed E-state index contributed by atoms with van der Waals surface area (Å²) in [5, 5.41) is 0. The Morgan fingerprint density at radius 3 is 2.12 bits per heavy atom. The maximum absolute atomic E-state index is 2.69. The Kier molecular flexibility index (Phi) is 1.76. The van der Waals surface area contributed by atoms with Crippen molar-refractivity contribution in [2.75, 3.05) is 6.54 Å². The third-order valence-corrected chi connectivity index (χ3v) is 8.29. The first-order valence-corrected chi connectivity index (χ1v) is 6.24. The van der Waals surface area contributed by atoms with Gasteiger partial charge in [0.25, 0.3) is 0 Å². The maximum Gasteiger partial charge on any atom is 0.0783 e. The van der Waals surface area contributed by atoms with Crippen LogP contribution in [0.1, 0.15) is 12.8 Å². The molecule has 0 unspecified atom stereocenters. The van der Waals surface area contributed by atoms with Crippen molar-refractivity contribution < 1.29 is 0 Å². The lowest BCUT2D eigenvalue weighted by Crippen LogP contribution is -2.43. The highest BCUT2D eigenvalue weighted by molar-refractivity contribution is 6.42. The van der Waals surface area contributed by atoms with Crippen LogP contribution >= 0.6 is 0 Å². The van der Waals surface area contributed by atoms with Gasteiger partial charge in [0.1, 0.15) is 0 Å². The quantitative estimate of drug-likeness (QED) is 0.337. The molecule has 0 spiro atoms. The minimum Gasteiger partial charge on any atom is -0.334 e. The summed E-state index contributed by atoms with van der Waals surface area (Å²) in [5.41, 5.74) is 0. The SMILES string of the molecule is [SiH3]N1CCCC1([SiH3])[SiH3]. The van der Waals surface area contributed by atoms with Crippen LogP contribution in [0, 0.1) is 0 Å². The van der Waals surface area contributed by atoms with Gasteiger partial charge in [-0.1, -0.05) is 0 Å². The molecule has 0 aromatic rings. The lowest BCUT2D eigenvalue weighted by molar-refractivity contribution is 0.479. The largest absolute Gasteiger partial charge is 0.334 e. The normalized spacial score (nSPS) is 42.0. The monoisotopic (exact) mass is 161 g/mol. The zero-order chi connectivity index (χ0) is 6.20. The highest BCUT2D eigenvalue weighted by Gasteiger charge is 2.27. The van der Waals surface area contributed by atoms with Crippen LogP contribution < -0.4 is 0 Å². The fourth-order valence-corrected chi connectivity index (χ4v) is 2.94. The van der Waals surface area contributed by atoms with E-state index in [1.165, 1.54) is 50.3 Å². The van der Waals surface area contributed by atoms with Gasteiger partial charge in [0.2, 0.25) is 0 Å². The van der Waals surface area contributed by atoms with E-state index < -0.39 is 0 Å². The van der Waals surface area contributed by atoms with E-state index in [9.17, 15) is 0 Å². The Bertz CT molecular complexity index is 93.3. The van der Waals surface area contributed by atoms with Crippen molar-refractivity contribution in [3.05, 3.63) is 0 Å². The summed E-state index contributed by atoms with van der Waals surface area (Å²) in [5.74, 6) is 0. The summed E-state index contributed by atoms with van der Waals surface area (Å²) in [6.07, 6.45) is 3.01. The van der Waals surface area contributed by atoms with Gasteiger partial charge in [-0.05, 0) is 24.2 Å². The lowest BCUT2D eigenvalue weighted by Gasteiger charge is -2.27. The van der Waals surface area contributed by atoms with E-state index in [-0.39, 0.29) is 0 Å². The zero-order valence-corrected chi connectivity index (χ0v) is 12.1. The van der Waals surface area contributed by atoms with Crippen LogP contribution in [0.4, 0.5) is 0 Å². The molecule has 0 aromatic heterocycles. The fourth-order valence-electron chi connectivity index (χ4n) is 1.24. The smallest absolute Gasteiger partial charge is 0.0783 e. The van der Waals surface area contributed by atoms with Gasteiger partial charge in [-0.25, -0.2) is 0 Å². The molecule has 1 aliphatic rings. The highest BCUT2D eigenvalue weighted by atomic mass is 28.2. The minimum atomic E-state index is 0.826. The molecule has 1 saturated heterocycles. The summed E-state index contributed by atoms with van der Waals surface area (Å²) in [4.78, 5) is 0.826. The number of hydrogen-bond donors (Lipinski definition) is 0. The number of rotatable bonds is 0. The predicted octanol–water partition coefficient (Wildman–Crippen LogP) is -3.25. The molecule has 1 rings (SSSR count). The molecule has 0 radical (unpaired) electrons. The van der Waals surface area contributed by atoms with Gasteiger partial charge in [0, 0.05) is 20.5 Å². The second-order valence-electron chi connectivity index (χ2n) is 3.34. The molecule has 0 saturated carbocycles. The van der Waals surface area contributed by atoms with Crippen molar-refractivity contribution in [1.82, 2.24) is 4.57 Å². The van der Waals surface area contributed by atoms with Gasteiger partial charge < -0.3 is 4.57 Å². The molecule has 0 bridgehead atoms. The van der Waals surface area contributed by atoms with Crippen LogP contribution in [-0.2, 0) is 0 Å². The third-order valence-electron chi connectivity index (χ3n) is 2.32. The van der Waals surface area contributed by atoms with Crippen LogP contribution in [0.25, 0.3) is 0 Å². The van der Waals surface area contributed by atoms with E-state index in [0.29, 0.717) is 0 Å². The number of hydrogen-bond acceptors (Lipinski definition) is 1. The zero-order valence-electron chi connectivity index (χ0n) is 6.07. The van der Waals surface area contributed by atoms with E-state index in [0.717, 1.165) is 4.79 Å². The van der Waals surface area contributed by atoms with Gasteiger partial charge in [-0.3, -0.25) is 0 Å². The first kappa shape index (κ1) is 6.73. The van der Waals surface area contributed by atoms with Gasteiger partial charge >= 0.3 is 0 Å². The summed E-state index contributed by atoms with van der Waals surface area (Å²) < 4.78 is 2.69. The average molecular weight is 161 g/mol. The van der Waals surface area contributed by atoms with Gasteiger partial charge in [-0.15, -0.1) is 0 Å². The van der Waals surface area contributed by atoms with E-state index >= 15 is 0 Å². The summed E-state index contributed by atoms with van der Waals surface area (Å²) >= 11 is 0. The standard InChI is InChI=1S/C4H15NSi3/c6-4(7)2-1-3-5(4)8/h1-3H2,6-8H3. The molecule has 0 N–H and O–H groups in total. The Balaban J connectivity index is 2.54. The van der Waals surface area contributed by atoms with Crippen molar-refractivity contribution in [1.29, 1.82) is 0 Å². The lowest BCUT2D eigenvalue weighted by atomic mass is 10.4. The Labute approximate surface area is 60.2 Å². The van der Waals surface area contributed by atoms with Crippen LogP contribution in [0.15, 0.2) is 0 Å².